The van der Waals surface area contributed by atoms with E-state index in [4.69, 9.17) is 44.3 Å². The quantitative estimate of drug-likeness (QED) is 0.662. The second kappa shape index (κ2) is 8.97. The molecule has 2 rings (SSSR count). The first-order valence-electron chi connectivity index (χ1n) is 8.08. The summed E-state index contributed by atoms with van der Waals surface area (Å²) in [4.78, 5) is 26.0. The molecule has 1 aromatic rings. The van der Waals surface area contributed by atoms with Gasteiger partial charge in [-0.1, -0.05) is 41.7 Å². The monoisotopic (exact) mass is 407 g/mol. The van der Waals surface area contributed by atoms with Gasteiger partial charge < -0.3 is 14.4 Å². The summed E-state index contributed by atoms with van der Waals surface area (Å²) in [6.07, 6.45) is 0.00367. The minimum absolute atomic E-state index is 0.00421. The molecule has 0 N–H and O–H groups in total. The summed E-state index contributed by atoms with van der Waals surface area (Å²) in [6, 6.07) is 3.09. The molecule has 0 aliphatic carbocycles. The highest BCUT2D eigenvalue weighted by atomic mass is 35.5. The highest BCUT2D eigenvalue weighted by Gasteiger charge is 2.33. The smallest absolute Gasteiger partial charge is 0.435 e. The molecular formula is C17H20Cl3NO4. The van der Waals surface area contributed by atoms with E-state index in [1.807, 2.05) is 6.92 Å². The number of likely N-dealkylation sites (tertiary alicyclic amines) is 1. The first kappa shape index (κ1) is 20.1. The van der Waals surface area contributed by atoms with Crippen molar-refractivity contribution in [3.63, 3.8) is 0 Å². The van der Waals surface area contributed by atoms with Gasteiger partial charge in [0.25, 0.3) is 0 Å². The molecule has 1 fully saturated rings. The molecule has 8 heteroatoms. The maximum Gasteiger partial charge on any atom is 0.510 e. The zero-order valence-electron chi connectivity index (χ0n) is 14.1. The van der Waals surface area contributed by atoms with Gasteiger partial charge in [0.05, 0.1) is 13.0 Å². The molecule has 0 spiro atoms. The van der Waals surface area contributed by atoms with Gasteiger partial charge in [-0.2, -0.15) is 0 Å². The summed E-state index contributed by atoms with van der Waals surface area (Å²) in [7, 11) is 0. The number of carbonyl (C=O) groups is 2. The van der Waals surface area contributed by atoms with Crippen LogP contribution >= 0.6 is 34.8 Å². The van der Waals surface area contributed by atoms with Crippen LogP contribution in [0.5, 0.6) is 0 Å². The highest BCUT2D eigenvalue weighted by Crippen LogP contribution is 2.31. The Bertz CT molecular complexity index is 630. The van der Waals surface area contributed by atoms with E-state index in [1.54, 1.807) is 24.0 Å². The fraction of sp³-hybridized carbons (Fsp3) is 0.529. The van der Waals surface area contributed by atoms with Crippen LogP contribution < -0.4 is 0 Å². The van der Waals surface area contributed by atoms with Gasteiger partial charge in [0.15, 0.2) is 6.23 Å². The number of rotatable bonds is 4. The van der Waals surface area contributed by atoms with Crippen molar-refractivity contribution in [2.24, 2.45) is 5.92 Å². The average molecular weight is 409 g/mol. The lowest BCUT2D eigenvalue weighted by molar-refractivity contribution is -0.148. The summed E-state index contributed by atoms with van der Waals surface area (Å²) in [5.41, 5.74) is 0.505. The van der Waals surface area contributed by atoms with Crippen LogP contribution in [-0.2, 0) is 20.7 Å². The van der Waals surface area contributed by atoms with Gasteiger partial charge in [-0.15, -0.1) is 0 Å². The lowest BCUT2D eigenvalue weighted by atomic mass is 9.98. The van der Waals surface area contributed by atoms with Gasteiger partial charge in [-0.05, 0) is 37.0 Å². The number of ether oxygens (including phenoxy) is 2. The molecule has 1 amide bonds. The van der Waals surface area contributed by atoms with E-state index in [9.17, 15) is 9.59 Å². The Morgan fingerprint density at radius 3 is 2.44 bits per heavy atom. The summed E-state index contributed by atoms with van der Waals surface area (Å²) in [5, 5.41) is 1.07. The maximum atomic E-state index is 12.8. The number of halogens is 3. The molecule has 1 saturated heterocycles. The number of hydrogen-bond acceptors (Lipinski definition) is 4. The Morgan fingerprint density at radius 2 is 1.84 bits per heavy atom. The van der Waals surface area contributed by atoms with Gasteiger partial charge in [-0.3, -0.25) is 4.79 Å². The predicted octanol–water partition coefficient (Wildman–Crippen LogP) is 4.95. The van der Waals surface area contributed by atoms with E-state index in [-0.39, 0.29) is 18.9 Å². The summed E-state index contributed by atoms with van der Waals surface area (Å²) in [6.45, 7) is 4.44. The van der Waals surface area contributed by atoms with Crippen molar-refractivity contribution in [3.05, 3.63) is 32.8 Å². The predicted molar refractivity (Wildman–Crippen MR) is 97.2 cm³/mol. The Balaban J connectivity index is 2.14. The van der Waals surface area contributed by atoms with Gasteiger partial charge in [0.1, 0.15) is 0 Å². The van der Waals surface area contributed by atoms with E-state index < -0.39 is 12.4 Å². The Kier molecular flexibility index (Phi) is 7.23. The number of carbonyl (C=O) groups excluding carboxylic acids is 2. The Labute approximate surface area is 162 Å². The first-order valence-corrected chi connectivity index (χ1v) is 9.21. The SMILES string of the molecule is CCOC(=O)OC1CCC(C)CN1C(=O)Cc1c(Cl)cc(Cl)cc1Cl. The number of piperidine rings is 1. The zero-order chi connectivity index (χ0) is 18.6. The van der Waals surface area contributed by atoms with Crippen LogP contribution in [0.15, 0.2) is 12.1 Å². The third kappa shape index (κ3) is 5.40. The molecule has 2 unspecified atom stereocenters. The number of amides is 1. The van der Waals surface area contributed by atoms with Gasteiger partial charge in [-0.25, -0.2) is 4.79 Å². The van der Waals surface area contributed by atoms with Crippen LogP contribution in [-0.4, -0.2) is 36.3 Å². The summed E-state index contributed by atoms with van der Waals surface area (Å²) >= 11 is 18.2. The van der Waals surface area contributed by atoms with Crippen LogP contribution in [0.1, 0.15) is 32.3 Å². The van der Waals surface area contributed by atoms with Crippen molar-refractivity contribution in [1.82, 2.24) is 4.90 Å². The maximum absolute atomic E-state index is 12.8. The molecule has 1 aromatic carbocycles. The van der Waals surface area contributed by atoms with E-state index in [0.717, 1.165) is 6.42 Å². The highest BCUT2D eigenvalue weighted by molar-refractivity contribution is 6.39. The molecule has 25 heavy (non-hydrogen) atoms. The van der Waals surface area contributed by atoms with Gasteiger partial charge in [0.2, 0.25) is 5.91 Å². The number of nitrogens with zero attached hydrogens (tertiary/aromatic N) is 1. The van der Waals surface area contributed by atoms with Crippen LogP contribution in [0.3, 0.4) is 0 Å². The molecule has 138 valence electrons. The lowest BCUT2D eigenvalue weighted by Crippen LogP contribution is -2.49. The van der Waals surface area contributed by atoms with Crippen molar-refractivity contribution in [2.45, 2.75) is 39.3 Å². The van der Waals surface area contributed by atoms with E-state index in [1.165, 1.54) is 0 Å². The van der Waals surface area contributed by atoms with Gasteiger partial charge >= 0.3 is 6.16 Å². The van der Waals surface area contributed by atoms with Crippen molar-refractivity contribution in [1.29, 1.82) is 0 Å². The number of hydrogen-bond donors (Lipinski definition) is 0. The Morgan fingerprint density at radius 1 is 1.20 bits per heavy atom. The molecule has 5 nitrogen and oxygen atoms in total. The van der Waals surface area contributed by atoms with Crippen LogP contribution in [0, 0.1) is 5.92 Å². The average Bonchev–Trinajstić information content (AvgIpc) is 2.52. The van der Waals surface area contributed by atoms with Crippen molar-refractivity contribution in [3.8, 4) is 0 Å². The summed E-state index contributed by atoms with van der Waals surface area (Å²) in [5.74, 6) is 0.0918. The van der Waals surface area contributed by atoms with Crippen molar-refractivity contribution >= 4 is 46.9 Å². The second-order valence-corrected chi connectivity index (χ2v) is 7.26. The van der Waals surface area contributed by atoms with Crippen LogP contribution in [0.25, 0.3) is 0 Å². The zero-order valence-corrected chi connectivity index (χ0v) is 16.3. The molecule has 1 aliphatic rings. The number of benzene rings is 1. The largest absolute Gasteiger partial charge is 0.510 e. The molecule has 0 radical (unpaired) electrons. The third-order valence-corrected chi connectivity index (χ3v) is 4.90. The van der Waals surface area contributed by atoms with Crippen molar-refractivity contribution in [2.75, 3.05) is 13.2 Å². The minimum atomic E-state index is -0.776. The van der Waals surface area contributed by atoms with E-state index in [2.05, 4.69) is 0 Å². The molecule has 1 aliphatic heterocycles. The first-order chi connectivity index (χ1) is 11.8. The van der Waals surface area contributed by atoms with Gasteiger partial charge in [0, 0.05) is 28.0 Å². The van der Waals surface area contributed by atoms with Crippen molar-refractivity contribution < 1.29 is 19.1 Å². The Hall–Kier alpha value is -1.17. The van der Waals surface area contributed by atoms with E-state index >= 15 is 0 Å². The molecule has 0 saturated carbocycles. The second-order valence-electron chi connectivity index (χ2n) is 6.01. The lowest BCUT2D eigenvalue weighted by Gasteiger charge is -2.37. The fourth-order valence-corrected chi connectivity index (χ4v) is 3.72. The van der Waals surface area contributed by atoms with Crippen LogP contribution in [0.4, 0.5) is 4.79 Å². The minimum Gasteiger partial charge on any atom is -0.435 e. The summed E-state index contributed by atoms with van der Waals surface area (Å²) < 4.78 is 10.1. The normalized spacial score (nSPS) is 20.3. The van der Waals surface area contributed by atoms with Crippen LogP contribution in [0.2, 0.25) is 15.1 Å². The fourth-order valence-electron chi connectivity index (χ4n) is 2.77. The molecule has 1 heterocycles. The third-order valence-electron chi connectivity index (χ3n) is 4.01. The topological polar surface area (TPSA) is 55.8 Å². The standard InChI is InChI=1S/C17H20Cl3NO4/c1-3-24-17(23)25-16-5-4-10(2)9-21(16)15(22)8-12-13(19)6-11(18)7-14(12)20/h6-7,10,16H,3-5,8-9H2,1-2H3. The molecule has 2 atom stereocenters. The molecular weight excluding hydrogens is 389 g/mol. The van der Waals surface area contributed by atoms with E-state index in [0.29, 0.717) is 39.5 Å². The molecule has 0 bridgehead atoms. The molecule has 0 aromatic heterocycles.